The van der Waals surface area contributed by atoms with Crippen LogP contribution in [0.4, 0.5) is 10.5 Å². The number of anilines is 1. The van der Waals surface area contributed by atoms with Crippen molar-refractivity contribution in [1.29, 1.82) is 0 Å². The highest BCUT2D eigenvalue weighted by atomic mass is 16.6. The van der Waals surface area contributed by atoms with Crippen LogP contribution in [0.2, 0.25) is 0 Å². The minimum Gasteiger partial charge on any atom is -0.443 e. The largest absolute Gasteiger partial charge is 0.443 e. The molecule has 0 fully saturated rings. The number of nitrogens with zero attached hydrogens (tertiary/aromatic N) is 2. The topological polar surface area (TPSA) is 42.4 Å². The maximum atomic E-state index is 12.1. The van der Waals surface area contributed by atoms with Crippen LogP contribution in [-0.2, 0) is 4.74 Å². The van der Waals surface area contributed by atoms with Crippen molar-refractivity contribution >= 4 is 23.9 Å². The van der Waals surface area contributed by atoms with E-state index >= 15 is 0 Å². The first-order valence-electron chi connectivity index (χ1n) is 8.93. The lowest BCUT2D eigenvalue weighted by molar-refractivity contribution is 0.0589. The van der Waals surface area contributed by atoms with Crippen molar-refractivity contribution in [2.75, 3.05) is 11.9 Å². The van der Waals surface area contributed by atoms with Gasteiger partial charge in [0.2, 0.25) is 0 Å². The Hall–Kier alpha value is -2.62. The van der Waals surface area contributed by atoms with Gasteiger partial charge in [-0.2, -0.15) is 0 Å². The molecule has 0 aliphatic rings. The summed E-state index contributed by atoms with van der Waals surface area (Å²) in [6.45, 7) is 11.5. The Labute approximate surface area is 157 Å². The summed E-state index contributed by atoms with van der Waals surface area (Å²) in [5, 5.41) is 0. The van der Waals surface area contributed by atoms with Gasteiger partial charge in [-0.3, -0.25) is 9.88 Å². The molecule has 2 rings (SSSR count). The van der Waals surface area contributed by atoms with Crippen molar-refractivity contribution < 1.29 is 9.53 Å². The van der Waals surface area contributed by atoms with Crippen molar-refractivity contribution in [2.45, 2.75) is 47.1 Å². The van der Waals surface area contributed by atoms with Gasteiger partial charge in [0, 0.05) is 18.4 Å². The van der Waals surface area contributed by atoms with Gasteiger partial charge in [0.05, 0.1) is 5.69 Å². The number of hydrogen-bond acceptors (Lipinski definition) is 3. The number of ether oxygens (including phenoxy) is 1. The van der Waals surface area contributed by atoms with Crippen LogP contribution in [0, 0.1) is 6.92 Å². The highest BCUT2D eigenvalue weighted by Crippen LogP contribution is 2.18. The lowest BCUT2D eigenvalue weighted by Gasteiger charge is -2.24. The van der Waals surface area contributed by atoms with Crippen LogP contribution in [0.5, 0.6) is 0 Å². The fourth-order valence-electron chi connectivity index (χ4n) is 2.08. The Balaban J connectivity index is 0.00000163. The lowest BCUT2D eigenvalue weighted by Crippen LogP contribution is -2.34. The van der Waals surface area contributed by atoms with E-state index < -0.39 is 5.60 Å². The van der Waals surface area contributed by atoms with Crippen LogP contribution in [0.15, 0.2) is 42.5 Å². The first-order valence-corrected chi connectivity index (χ1v) is 8.93. The first-order chi connectivity index (χ1) is 12.2. The molecule has 0 aliphatic carbocycles. The minimum absolute atomic E-state index is 0.366. The third-order valence-corrected chi connectivity index (χ3v) is 3.30. The van der Waals surface area contributed by atoms with Crippen molar-refractivity contribution in [3.05, 3.63) is 59.4 Å². The Kier molecular flexibility index (Phi) is 8.04. The van der Waals surface area contributed by atoms with E-state index in [1.807, 2.05) is 96.2 Å². The van der Waals surface area contributed by atoms with Crippen LogP contribution in [0.3, 0.4) is 0 Å². The number of benzene rings is 1. The first kappa shape index (κ1) is 21.4. The van der Waals surface area contributed by atoms with Gasteiger partial charge in [0.25, 0.3) is 0 Å². The molecule has 0 atom stereocenters. The zero-order valence-corrected chi connectivity index (χ0v) is 16.9. The predicted octanol–water partition coefficient (Wildman–Crippen LogP) is 5.96. The smallest absolute Gasteiger partial charge is 0.414 e. The van der Waals surface area contributed by atoms with Gasteiger partial charge in [-0.15, -0.1) is 0 Å². The second kappa shape index (κ2) is 9.76. The molecule has 0 saturated heterocycles. The minimum atomic E-state index is -0.505. The fourth-order valence-corrected chi connectivity index (χ4v) is 2.08. The summed E-state index contributed by atoms with van der Waals surface area (Å²) in [5.74, 6) is 0. The maximum Gasteiger partial charge on any atom is 0.414 e. The molecule has 0 aliphatic heterocycles. The predicted molar refractivity (Wildman–Crippen MR) is 110 cm³/mol. The van der Waals surface area contributed by atoms with Crippen molar-refractivity contribution in [1.82, 2.24) is 4.98 Å². The molecule has 26 heavy (non-hydrogen) atoms. The van der Waals surface area contributed by atoms with Gasteiger partial charge in [-0.1, -0.05) is 38.1 Å². The van der Waals surface area contributed by atoms with Gasteiger partial charge < -0.3 is 4.74 Å². The molecule has 0 N–H and O–H groups in total. The van der Waals surface area contributed by atoms with E-state index in [-0.39, 0.29) is 6.09 Å². The van der Waals surface area contributed by atoms with Crippen molar-refractivity contribution in [3.63, 3.8) is 0 Å². The number of aryl methyl sites for hydroxylation is 1. The summed E-state index contributed by atoms with van der Waals surface area (Å²) < 4.78 is 5.37. The molecule has 140 valence electrons. The highest BCUT2D eigenvalue weighted by molar-refractivity contribution is 5.87. The Morgan fingerprint density at radius 1 is 1.04 bits per heavy atom. The molecule has 1 amide bonds. The van der Waals surface area contributed by atoms with E-state index in [1.54, 1.807) is 7.05 Å². The Bertz CT molecular complexity index is 729. The summed E-state index contributed by atoms with van der Waals surface area (Å²) in [6, 6.07) is 13.6. The number of carbonyl (C=O) groups excluding carboxylic acids is 1. The molecule has 4 heteroatoms. The SMILES string of the molecule is CC.Cc1cccc(/C=C/c2ccc(N(C)C(=O)OC(C)(C)C)cc2)n1. The molecule has 1 aromatic heterocycles. The quantitative estimate of drug-likeness (QED) is 0.683. The molecule has 0 unspecified atom stereocenters. The van der Waals surface area contributed by atoms with Crippen LogP contribution in [0.1, 0.15) is 51.6 Å². The van der Waals surface area contributed by atoms with Gasteiger partial charge >= 0.3 is 6.09 Å². The molecule has 0 bridgehead atoms. The number of carbonyl (C=O) groups is 1. The summed E-state index contributed by atoms with van der Waals surface area (Å²) in [4.78, 5) is 18.0. The molecule has 2 aromatic rings. The summed E-state index contributed by atoms with van der Waals surface area (Å²) in [7, 11) is 1.70. The Morgan fingerprint density at radius 3 is 2.19 bits per heavy atom. The number of rotatable bonds is 3. The molecule has 0 spiro atoms. The average Bonchev–Trinajstić information content (AvgIpc) is 2.60. The highest BCUT2D eigenvalue weighted by Gasteiger charge is 2.20. The number of aromatic nitrogens is 1. The van der Waals surface area contributed by atoms with Crippen LogP contribution in [0.25, 0.3) is 12.2 Å². The monoisotopic (exact) mass is 354 g/mol. The molecule has 1 heterocycles. The zero-order valence-electron chi connectivity index (χ0n) is 16.9. The van der Waals surface area contributed by atoms with E-state index in [9.17, 15) is 4.79 Å². The fraction of sp³-hybridized carbons (Fsp3) is 0.364. The standard InChI is InChI=1S/C20H24N2O2.C2H6/c1-15-7-6-8-17(21-15)12-9-16-10-13-18(14-11-16)22(5)19(23)24-20(2,3)4;1-2/h6-14H,1-5H3;1-2H3/b12-9+;. The molecular formula is C22H30N2O2. The van der Waals surface area contributed by atoms with Crippen molar-refractivity contribution in [2.24, 2.45) is 0 Å². The van der Waals surface area contributed by atoms with E-state index in [0.717, 1.165) is 22.6 Å². The van der Waals surface area contributed by atoms with Crippen LogP contribution in [-0.4, -0.2) is 23.7 Å². The second-order valence-electron chi connectivity index (χ2n) is 6.67. The third-order valence-electron chi connectivity index (χ3n) is 3.30. The normalized spacial score (nSPS) is 10.9. The van der Waals surface area contributed by atoms with Gasteiger partial charge in [0.1, 0.15) is 5.60 Å². The maximum absolute atomic E-state index is 12.1. The van der Waals surface area contributed by atoms with E-state index in [4.69, 9.17) is 4.74 Å². The van der Waals surface area contributed by atoms with Crippen LogP contribution < -0.4 is 4.90 Å². The van der Waals surface area contributed by atoms with Crippen molar-refractivity contribution in [3.8, 4) is 0 Å². The van der Waals surface area contributed by atoms with Gasteiger partial charge in [-0.05, 0) is 63.6 Å². The molecule has 0 radical (unpaired) electrons. The third kappa shape index (κ3) is 7.09. The van der Waals surface area contributed by atoms with Gasteiger partial charge in [-0.25, -0.2) is 4.79 Å². The average molecular weight is 354 g/mol. The number of amides is 1. The van der Waals surface area contributed by atoms with Gasteiger partial charge in [0.15, 0.2) is 0 Å². The molecule has 4 nitrogen and oxygen atoms in total. The van der Waals surface area contributed by atoms with E-state index in [2.05, 4.69) is 4.98 Å². The second-order valence-corrected chi connectivity index (χ2v) is 6.67. The zero-order chi connectivity index (χ0) is 19.7. The summed E-state index contributed by atoms with van der Waals surface area (Å²) in [5.41, 5.74) is 3.24. The lowest BCUT2D eigenvalue weighted by atomic mass is 10.1. The van der Waals surface area contributed by atoms with E-state index in [1.165, 1.54) is 4.90 Å². The van der Waals surface area contributed by atoms with E-state index in [0.29, 0.717) is 0 Å². The number of hydrogen-bond donors (Lipinski definition) is 0. The van der Waals surface area contributed by atoms with Crippen LogP contribution >= 0.6 is 0 Å². The number of pyridine rings is 1. The molecule has 0 saturated carbocycles. The molecule has 1 aromatic carbocycles. The molecular weight excluding hydrogens is 324 g/mol. The Morgan fingerprint density at radius 2 is 1.65 bits per heavy atom. The summed E-state index contributed by atoms with van der Waals surface area (Å²) in [6.07, 6.45) is 3.60. The summed E-state index contributed by atoms with van der Waals surface area (Å²) >= 11 is 0.